The highest BCUT2D eigenvalue weighted by Crippen LogP contribution is 2.29. The second kappa shape index (κ2) is 5.77. The summed E-state index contributed by atoms with van der Waals surface area (Å²) in [7, 11) is 0. The van der Waals surface area contributed by atoms with Crippen molar-refractivity contribution in [3.8, 4) is 5.75 Å². The monoisotopic (exact) mass is 347 g/mol. The number of nitrogen functional groups attached to an aromatic ring is 1. The van der Waals surface area contributed by atoms with Gasteiger partial charge in [0.1, 0.15) is 18.5 Å². The molecule has 1 aliphatic rings. The van der Waals surface area contributed by atoms with Crippen LogP contribution in [0, 0.1) is 0 Å². The Kier molecular flexibility index (Phi) is 3.84. The second-order valence-corrected chi connectivity index (χ2v) is 5.65. The molecule has 0 radical (unpaired) electrons. The average molecular weight is 348 g/mol. The van der Waals surface area contributed by atoms with Gasteiger partial charge in [-0.2, -0.15) is 0 Å². The van der Waals surface area contributed by atoms with Crippen molar-refractivity contribution in [2.45, 2.75) is 12.5 Å². The Balaban J connectivity index is 1.62. The van der Waals surface area contributed by atoms with Gasteiger partial charge < -0.3 is 15.2 Å². The quantitative estimate of drug-likeness (QED) is 0.684. The van der Waals surface area contributed by atoms with Gasteiger partial charge in [0.25, 0.3) is 0 Å². The first-order chi connectivity index (χ1) is 10.1. The van der Waals surface area contributed by atoms with Gasteiger partial charge in [0.15, 0.2) is 0 Å². The third-order valence-electron chi connectivity index (χ3n) is 3.36. The molecule has 2 N–H and O–H groups in total. The number of carbonyl (C=O) groups excluding carboxylic acids is 1. The summed E-state index contributed by atoms with van der Waals surface area (Å²) < 4.78 is 11.6. The maximum atomic E-state index is 12.1. The van der Waals surface area contributed by atoms with Crippen LogP contribution in [-0.4, -0.2) is 18.7 Å². The van der Waals surface area contributed by atoms with E-state index in [0.29, 0.717) is 15.7 Å². The van der Waals surface area contributed by atoms with Gasteiger partial charge in [-0.1, -0.05) is 24.3 Å². The van der Waals surface area contributed by atoms with Crippen LogP contribution in [0.25, 0.3) is 0 Å². The minimum atomic E-state index is -0.409. The SMILES string of the molecule is Nc1cccc(C(=O)OCC2Cc3ccccc3O2)c1Br. The Hall–Kier alpha value is -2.01. The standard InChI is InChI=1S/C16H14BrNO3/c17-15-12(5-3-6-13(15)18)16(19)20-9-11-8-10-4-1-2-7-14(10)21-11/h1-7,11H,8-9,18H2. The lowest BCUT2D eigenvalue weighted by Gasteiger charge is -2.12. The number of esters is 1. The predicted molar refractivity (Wildman–Crippen MR) is 83.4 cm³/mol. The summed E-state index contributed by atoms with van der Waals surface area (Å²) in [5, 5.41) is 0. The number of nitrogens with two attached hydrogens (primary N) is 1. The molecule has 1 unspecified atom stereocenters. The van der Waals surface area contributed by atoms with Crippen molar-refractivity contribution >= 4 is 27.6 Å². The molecule has 0 fully saturated rings. The zero-order valence-corrected chi connectivity index (χ0v) is 12.8. The largest absolute Gasteiger partial charge is 0.486 e. The van der Waals surface area contributed by atoms with Crippen LogP contribution in [0.2, 0.25) is 0 Å². The van der Waals surface area contributed by atoms with Gasteiger partial charge in [-0.15, -0.1) is 0 Å². The van der Waals surface area contributed by atoms with Crippen molar-refractivity contribution in [2.24, 2.45) is 0 Å². The summed E-state index contributed by atoms with van der Waals surface area (Å²) in [6, 6.07) is 13.0. The molecule has 1 aliphatic heterocycles. The van der Waals surface area contributed by atoms with Gasteiger partial charge in [0.05, 0.1) is 10.0 Å². The van der Waals surface area contributed by atoms with Crippen LogP contribution in [0.1, 0.15) is 15.9 Å². The third-order valence-corrected chi connectivity index (χ3v) is 4.25. The van der Waals surface area contributed by atoms with Crippen molar-refractivity contribution in [3.05, 3.63) is 58.1 Å². The summed E-state index contributed by atoms with van der Waals surface area (Å²) in [5.41, 5.74) is 7.83. The maximum Gasteiger partial charge on any atom is 0.339 e. The predicted octanol–water partition coefficient (Wildman–Crippen LogP) is 3.19. The van der Waals surface area contributed by atoms with Crippen molar-refractivity contribution in [1.29, 1.82) is 0 Å². The van der Waals surface area contributed by atoms with Crippen molar-refractivity contribution in [1.82, 2.24) is 0 Å². The molecule has 2 aromatic rings. The van der Waals surface area contributed by atoms with E-state index in [2.05, 4.69) is 15.9 Å². The van der Waals surface area contributed by atoms with Crippen LogP contribution in [0.4, 0.5) is 5.69 Å². The highest BCUT2D eigenvalue weighted by atomic mass is 79.9. The summed E-state index contributed by atoms with van der Waals surface area (Å²) >= 11 is 3.30. The molecule has 0 saturated heterocycles. The number of fused-ring (bicyclic) bond motifs is 1. The smallest absolute Gasteiger partial charge is 0.339 e. The molecule has 3 rings (SSSR count). The van der Waals surface area contributed by atoms with E-state index in [-0.39, 0.29) is 12.7 Å². The van der Waals surface area contributed by atoms with Gasteiger partial charge in [-0.3, -0.25) is 0 Å². The van der Waals surface area contributed by atoms with E-state index < -0.39 is 5.97 Å². The number of hydrogen-bond donors (Lipinski definition) is 1. The van der Waals surface area contributed by atoms with Crippen LogP contribution in [0.5, 0.6) is 5.75 Å². The van der Waals surface area contributed by atoms with E-state index in [4.69, 9.17) is 15.2 Å². The number of carbonyl (C=O) groups is 1. The molecule has 21 heavy (non-hydrogen) atoms. The first-order valence-corrected chi connectivity index (χ1v) is 7.40. The maximum absolute atomic E-state index is 12.1. The summed E-state index contributed by atoms with van der Waals surface area (Å²) in [4.78, 5) is 12.1. The zero-order valence-electron chi connectivity index (χ0n) is 11.2. The lowest BCUT2D eigenvalue weighted by atomic mass is 10.1. The van der Waals surface area contributed by atoms with Crippen LogP contribution in [0.3, 0.4) is 0 Å². The lowest BCUT2D eigenvalue weighted by molar-refractivity contribution is 0.0346. The zero-order chi connectivity index (χ0) is 14.8. The van der Waals surface area contributed by atoms with E-state index in [0.717, 1.165) is 17.7 Å². The fraction of sp³-hybridized carbons (Fsp3) is 0.188. The number of ether oxygens (including phenoxy) is 2. The van der Waals surface area contributed by atoms with Crippen LogP contribution >= 0.6 is 15.9 Å². The number of hydrogen-bond acceptors (Lipinski definition) is 4. The highest BCUT2D eigenvalue weighted by Gasteiger charge is 2.24. The number of para-hydroxylation sites is 1. The van der Waals surface area contributed by atoms with E-state index in [9.17, 15) is 4.79 Å². The van der Waals surface area contributed by atoms with Gasteiger partial charge in [0, 0.05) is 12.1 Å². The molecular weight excluding hydrogens is 334 g/mol. The van der Waals surface area contributed by atoms with Gasteiger partial charge >= 0.3 is 5.97 Å². The number of rotatable bonds is 3. The number of halogens is 1. The minimum Gasteiger partial charge on any atom is -0.486 e. The molecular formula is C16H14BrNO3. The summed E-state index contributed by atoms with van der Waals surface area (Å²) in [6.07, 6.45) is 0.618. The van der Waals surface area contributed by atoms with Gasteiger partial charge in [-0.25, -0.2) is 4.79 Å². The van der Waals surface area contributed by atoms with E-state index in [1.165, 1.54) is 0 Å². The molecule has 0 bridgehead atoms. The molecule has 4 nitrogen and oxygen atoms in total. The molecule has 0 aromatic heterocycles. The highest BCUT2D eigenvalue weighted by molar-refractivity contribution is 9.10. The fourth-order valence-electron chi connectivity index (χ4n) is 2.30. The van der Waals surface area contributed by atoms with Crippen LogP contribution < -0.4 is 10.5 Å². The fourth-order valence-corrected chi connectivity index (χ4v) is 2.73. The first kappa shape index (κ1) is 13.9. The van der Waals surface area contributed by atoms with Crippen molar-refractivity contribution in [2.75, 3.05) is 12.3 Å². The number of benzene rings is 2. The van der Waals surface area contributed by atoms with E-state index in [1.54, 1.807) is 18.2 Å². The average Bonchev–Trinajstić information content (AvgIpc) is 2.90. The van der Waals surface area contributed by atoms with E-state index in [1.807, 2.05) is 24.3 Å². The Morgan fingerprint density at radius 1 is 1.29 bits per heavy atom. The molecule has 5 heteroatoms. The lowest BCUT2D eigenvalue weighted by Crippen LogP contribution is -2.23. The Morgan fingerprint density at radius 3 is 2.90 bits per heavy atom. The third kappa shape index (κ3) is 2.88. The Morgan fingerprint density at radius 2 is 2.10 bits per heavy atom. The topological polar surface area (TPSA) is 61.6 Å². The van der Waals surface area contributed by atoms with Gasteiger partial charge in [0.2, 0.25) is 0 Å². The van der Waals surface area contributed by atoms with Crippen molar-refractivity contribution in [3.63, 3.8) is 0 Å². The second-order valence-electron chi connectivity index (χ2n) is 4.86. The summed E-state index contributed by atoms with van der Waals surface area (Å²) in [5.74, 6) is 0.456. The minimum absolute atomic E-state index is 0.133. The Bertz CT molecular complexity index is 662. The molecule has 0 aliphatic carbocycles. The summed E-state index contributed by atoms with van der Waals surface area (Å²) in [6.45, 7) is 0.217. The molecule has 1 atom stereocenters. The molecule has 0 saturated carbocycles. The molecule has 0 amide bonds. The first-order valence-electron chi connectivity index (χ1n) is 6.61. The number of anilines is 1. The van der Waals surface area contributed by atoms with E-state index >= 15 is 0 Å². The molecule has 2 aromatic carbocycles. The van der Waals surface area contributed by atoms with Gasteiger partial charge in [-0.05, 0) is 39.7 Å². The van der Waals surface area contributed by atoms with Crippen LogP contribution in [-0.2, 0) is 11.2 Å². The van der Waals surface area contributed by atoms with Crippen molar-refractivity contribution < 1.29 is 14.3 Å². The van der Waals surface area contributed by atoms with Crippen LogP contribution in [0.15, 0.2) is 46.9 Å². The molecule has 1 heterocycles. The Labute approximate surface area is 131 Å². The molecule has 0 spiro atoms. The molecule has 108 valence electrons. The normalized spacial score (nSPS) is 16.1.